The van der Waals surface area contributed by atoms with Gasteiger partial charge in [-0.05, 0) is 98.2 Å². The number of nitrogens with zero attached hydrogens (tertiary/aromatic N) is 1. The average molecular weight is 542 g/mol. The summed E-state index contributed by atoms with van der Waals surface area (Å²) >= 11 is 0. The summed E-state index contributed by atoms with van der Waals surface area (Å²) in [6.45, 7) is 15.6. The molecular formula is C34H59N3O2. The lowest BCUT2D eigenvalue weighted by Gasteiger charge is -2.66. The van der Waals surface area contributed by atoms with Crippen LogP contribution in [0.5, 0.6) is 0 Å². The number of nitrogens with one attached hydrogen (secondary N) is 2. The van der Waals surface area contributed by atoms with Gasteiger partial charge in [0.25, 0.3) is 0 Å². The van der Waals surface area contributed by atoms with Gasteiger partial charge in [0.15, 0.2) is 0 Å². The summed E-state index contributed by atoms with van der Waals surface area (Å²) in [6.07, 6.45) is 16.9. The Balaban J connectivity index is 1.35. The molecule has 5 rings (SSSR count). The van der Waals surface area contributed by atoms with E-state index in [9.17, 15) is 10.2 Å². The normalized spacial score (nSPS) is 43.5. The van der Waals surface area contributed by atoms with Crippen molar-refractivity contribution >= 4 is 0 Å². The third-order valence-corrected chi connectivity index (χ3v) is 13.4. The number of H-pyrrole nitrogens is 1. The van der Waals surface area contributed by atoms with Crippen LogP contribution in [0.1, 0.15) is 118 Å². The van der Waals surface area contributed by atoms with Crippen LogP contribution < -0.4 is 5.32 Å². The van der Waals surface area contributed by atoms with Gasteiger partial charge in [0.2, 0.25) is 0 Å². The van der Waals surface area contributed by atoms with Gasteiger partial charge in [-0.25, -0.2) is 4.98 Å². The second-order valence-electron chi connectivity index (χ2n) is 15.4. The summed E-state index contributed by atoms with van der Waals surface area (Å²) in [5.74, 6) is 5.29. The van der Waals surface area contributed by atoms with Crippen molar-refractivity contribution in [2.24, 2.45) is 52.3 Å². The summed E-state index contributed by atoms with van der Waals surface area (Å²) in [7, 11) is 0. The highest BCUT2D eigenvalue weighted by Gasteiger charge is 2.67. The summed E-state index contributed by atoms with van der Waals surface area (Å²) < 4.78 is 0. The quantitative estimate of drug-likeness (QED) is 0.264. The first-order valence-electron chi connectivity index (χ1n) is 16.6. The molecular weight excluding hydrogens is 482 g/mol. The number of aliphatic hydroxyl groups is 2. The minimum atomic E-state index is -0.842. The molecule has 4 fully saturated rings. The highest BCUT2D eigenvalue weighted by atomic mass is 16.3. The predicted octanol–water partition coefficient (Wildman–Crippen LogP) is 6.75. The number of hydrogen-bond donors (Lipinski definition) is 4. The molecule has 4 aliphatic rings. The van der Waals surface area contributed by atoms with Crippen LogP contribution in [-0.4, -0.2) is 44.5 Å². The topological polar surface area (TPSA) is 81.2 Å². The fourth-order valence-corrected chi connectivity index (χ4v) is 11.0. The Hall–Kier alpha value is -0.910. The van der Waals surface area contributed by atoms with Gasteiger partial charge < -0.3 is 20.5 Å². The average Bonchev–Trinajstić information content (AvgIpc) is 3.53. The van der Waals surface area contributed by atoms with E-state index in [1.54, 1.807) is 6.33 Å². The van der Waals surface area contributed by atoms with E-state index in [4.69, 9.17) is 0 Å². The third kappa shape index (κ3) is 5.16. The van der Waals surface area contributed by atoms with E-state index in [1.807, 2.05) is 6.20 Å². The van der Waals surface area contributed by atoms with Crippen LogP contribution in [0.2, 0.25) is 0 Å². The van der Waals surface area contributed by atoms with Gasteiger partial charge in [0, 0.05) is 42.7 Å². The van der Waals surface area contributed by atoms with Crippen LogP contribution in [-0.2, 0) is 6.42 Å². The summed E-state index contributed by atoms with van der Waals surface area (Å²) in [6, 6.07) is 0.0387. The maximum atomic E-state index is 12.5. The van der Waals surface area contributed by atoms with Crippen molar-refractivity contribution in [1.82, 2.24) is 15.3 Å². The number of rotatable bonds is 10. The fraction of sp³-hybridized carbons (Fsp3) is 0.912. The zero-order chi connectivity index (χ0) is 28.0. The number of aliphatic hydroxyl groups excluding tert-OH is 1. The monoisotopic (exact) mass is 541 g/mol. The molecule has 0 saturated heterocycles. The Morgan fingerprint density at radius 2 is 1.87 bits per heavy atom. The molecule has 0 spiro atoms. The van der Waals surface area contributed by atoms with Gasteiger partial charge in [0.05, 0.1) is 18.0 Å². The zero-order valence-corrected chi connectivity index (χ0v) is 25.9. The Kier molecular flexibility index (Phi) is 8.65. The number of imidazole rings is 1. The molecule has 4 aliphatic carbocycles. The summed E-state index contributed by atoms with van der Waals surface area (Å²) in [5, 5.41) is 27.1. The van der Waals surface area contributed by atoms with Gasteiger partial charge in [-0.3, -0.25) is 0 Å². The van der Waals surface area contributed by atoms with E-state index in [2.05, 4.69) is 56.8 Å². The summed E-state index contributed by atoms with van der Waals surface area (Å²) in [4.78, 5) is 7.40. The van der Waals surface area contributed by atoms with Gasteiger partial charge in [-0.1, -0.05) is 54.4 Å². The van der Waals surface area contributed by atoms with Crippen molar-refractivity contribution in [3.8, 4) is 0 Å². The lowest BCUT2D eigenvalue weighted by Crippen LogP contribution is -2.71. The molecule has 4 N–H and O–H groups in total. The first kappa shape index (κ1) is 29.6. The molecule has 1 aromatic rings. The number of aromatic nitrogens is 2. The molecule has 5 nitrogen and oxygen atoms in total. The van der Waals surface area contributed by atoms with Crippen molar-refractivity contribution in [2.45, 2.75) is 136 Å². The third-order valence-electron chi connectivity index (χ3n) is 13.4. The lowest BCUT2D eigenvalue weighted by atomic mass is 9.42. The van der Waals surface area contributed by atoms with Crippen LogP contribution in [0.4, 0.5) is 0 Å². The van der Waals surface area contributed by atoms with E-state index in [0.29, 0.717) is 23.7 Å². The molecule has 0 aromatic carbocycles. The van der Waals surface area contributed by atoms with Crippen molar-refractivity contribution in [2.75, 3.05) is 6.54 Å². The van der Waals surface area contributed by atoms with Gasteiger partial charge in [-0.2, -0.15) is 0 Å². The molecule has 0 radical (unpaired) electrons. The number of aromatic amines is 1. The van der Waals surface area contributed by atoms with Crippen LogP contribution in [0.15, 0.2) is 12.5 Å². The highest BCUT2D eigenvalue weighted by molar-refractivity contribution is 5.18. The lowest BCUT2D eigenvalue weighted by molar-refractivity contribution is -0.234. The van der Waals surface area contributed by atoms with E-state index < -0.39 is 5.60 Å². The van der Waals surface area contributed by atoms with Crippen molar-refractivity contribution in [1.29, 1.82) is 0 Å². The molecule has 0 bridgehead atoms. The largest absolute Gasteiger partial charge is 0.393 e. The number of hydrogen-bond acceptors (Lipinski definition) is 4. The van der Waals surface area contributed by atoms with E-state index in [-0.39, 0.29) is 17.6 Å². The maximum Gasteiger partial charge on any atom is 0.0921 e. The van der Waals surface area contributed by atoms with Crippen LogP contribution in [0.25, 0.3) is 0 Å². The Bertz CT molecular complexity index is 935. The molecule has 39 heavy (non-hydrogen) atoms. The van der Waals surface area contributed by atoms with E-state index >= 15 is 0 Å². The van der Waals surface area contributed by atoms with Crippen LogP contribution in [0.3, 0.4) is 0 Å². The maximum absolute atomic E-state index is 12.5. The molecule has 0 aliphatic heterocycles. The molecule has 0 amide bonds. The SMILES string of the molecule is CC[C@H](CC[C@@H](C)[C@H]1CC[C@H]2[C@@H]3C[C@@H](NCCc4cnc[nH]4)[C@@]4(O)C[C@@H](O)CC[C@]4(C)[C@H]3CC[C@]12C)C(C)C. The van der Waals surface area contributed by atoms with Crippen molar-refractivity contribution in [3.63, 3.8) is 0 Å². The molecule has 222 valence electrons. The Labute approximate surface area is 238 Å². The second kappa shape index (κ2) is 11.4. The molecule has 1 heterocycles. The fourth-order valence-electron chi connectivity index (χ4n) is 11.0. The van der Waals surface area contributed by atoms with Gasteiger partial charge >= 0.3 is 0 Å². The number of fused-ring (bicyclic) bond motifs is 5. The second-order valence-corrected chi connectivity index (χ2v) is 15.4. The molecule has 0 unspecified atom stereocenters. The molecule has 4 saturated carbocycles. The standard InChI is InChI=1S/C34H59N3O2/c1-7-24(22(2)3)9-8-23(4)28-10-11-29-27-18-31(36-17-14-25-20-35-21-37-25)34(39)19-26(38)12-16-33(34,6)30(27)13-15-32(28,29)5/h20-24,26-31,36,38-39H,7-19H2,1-6H3,(H,35,37)/t23-,24-,26+,27+,28-,29+,30+,31-,32-,33-,34+/m1/s1. The first-order chi connectivity index (χ1) is 18.5. The van der Waals surface area contributed by atoms with Gasteiger partial charge in [0.1, 0.15) is 0 Å². The molecule has 5 heteroatoms. The van der Waals surface area contributed by atoms with E-state index in [1.165, 1.54) is 44.9 Å². The first-order valence-corrected chi connectivity index (χ1v) is 16.6. The Morgan fingerprint density at radius 3 is 2.56 bits per heavy atom. The van der Waals surface area contributed by atoms with Crippen LogP contribution in [0, 0.1) is 52.3 Å². The predicted molar refractivity (Wildman–Crippen MR) is 159 cm³/mol. The molecule has 11 atom stereocenters. The van der Waals surface area contributed by atoms with Crippen LogP contribution >= 0.6 is 0 Å². The zero-order valence-electron chi connectivity index (χ0n) is 25.9. The van der Waals surface area contributed by atoms with Crippen molar-refractivity contribution in [3.05, 3.63) is 18.2 Å². The van der Waals surface area contributed by atoms with Crippen molar-refractivity contribution < 1.29 is 10.2 Å². The molecule has 1 aromatic heterocycles. The minimum Gasteiger partial charge on any atom is -0.393 e. The Morgan fingerprint density at radius 1 is 1.08 bits per heavy atom. The highest BCUT2D eigenvalue weighted by Crippen LogP contribution is 2.69. The minimum absolute atomic E-state index is 0.0387. The smallest absolute Gasteiger partial charge is 0.0921 e. The van der Waals surface area contributed by atoms with E-state index in [0.717, 1.165) is 67.5 Å². The van der Waals surface area contributed by atoms with Gasteiger partial charge in [-0.15, -0.1) is 0 Å². The summed E-state index contributed by atoms with van der Waals surface area (Å²) in [5.41, 5.74) is 0.596.